The standard InChI is InChI=1S/C32H35N3O4S/c1-40(38,39)34-30(36)19-16-26-22-35(32(24-12-4-2-5-13-24)25-14-6-3-7-15-25)29-18-17-27(21-28(26)29)33-31(37)20-23-10-8-9-11-23/h2-7,12-15,17-18,21-23,32H,8-11,16,19-20H2,1H3,(H,33,37)(H,34,36). The zero-order valence-corrected chi connectivity index (χ0v) is 23.5. The minimum atomic E-state index is -3.63. The second-order valence-electron chi connectivity index (χ2n) is 10.7. The first-order valence-electron chi connectivity index (χ1n) is 13.8. The number of rotatable bonds is 10. The number of hydrogen-bond acceptors (Lipinski definition) is 4. The van der Waals surface area contributed by atoms with Crippen LogP contribution in [0.2, 0.25) is 0 Å². The average molecular weight is 558 g/mol. The normalized spacial score (nSPS) is 14.1. The summed E-state index contributed by atoms with van der Waals surface area (Å²) in [5, 5.41) is 4.00. The van der Waals surface area contributed by atoms with E-state index in [-0.39, 0.29) is 18.4 Å². The molecule has 8 heteroatoms. The number of carbonyl (C=O) groups is 2. The molecule has 0 spiro atoms. The molecule has 2 N–H and O–H groups in total. The molecule has 3 aromatic carbocycles. The third-order valence-corrected chi connectivity index (χ3v) is 8.18. The van der Waals surface area contributed by atoms with E-state index in [1.165, 1.54) is 12.8 Å². The van der Waals surface area contributed by atoms with Gasteiger partial charge in [0.2, 0.25) is 21.8 Å². The number of aryl methyl sites for hydroxylation is 1. The van der Waals surface area contributed by atoms with E-state index >= 15 is 0 Å². The van der Waals surface area contributed by atoms with Crippen LogP contribution >= 0.6 is 0 Å². The van der Waals surface area contributed by atoms with Gasteiger partial charge in [0.1, 0.15) is 0 Å². The van der Waals surface area contributed by atoms with Crippen molar-refractivity contribution in [1.82, 2.24) is 9.29 Å². The van der Waals surface area contributed by atoms with Crippen LogP contribution in [0.25, 0.3) is 10.9 Å². The van der Waals surface area contributed by atoms with Gasteiger partial charge in [-0.1, -0.05) is 73.5 Å². The van der Waals surface area contributed by atoms with E-state index in [1.807, 2.05) is 60.8 Å². The highest BCUT2D eigenvalue weighted by Crippen LogP contribution is 2.35. The molecule has 1 aromatic heterocycles. The van der Waals surface area contributed by atoms with E-state index in [4.69, 9.17) is 0 Å². The molecule has 0 bridgehead atoms. The second kappa shape index (κ2) is 12.1. The highest BCUT2D eigenvalue weighted by atomic mass is 32.2. The first kappa shape index (κ1) is 27.6. The van der Waals surface area contributed by atoms with Crippen molar-refractivity contribution in [2.24, 2.45) is 5.92 Å². The summed E-state index contributed by atoms with van der Waals surface area (Å²) in [5.41, 5.74) is 4.81. The molecule has 1 saturated carbocycles. The van der Waals surface area contributed by atoms with E-state index in [9.17, 15) is 18.0 Å². The molecule has 7 nitrogen and oxygen atoms in total. The zero-order chi connectivity index (χ0) is 28.1. The first-order valence-corrected chi connectivity index (χ1v) is 15.7. The Morgan fingerprint density at radius 3 is 2.12 bits per heavy atom. The summed E-state index contributed by atoms with van der Waals surface area (Å²) in [5.74, 6) is -0.0791. The number of carbonyl (C=O) groups excluding carboxylic acids is 2. The lowest BCUT2D eigenvalue weighted by atomic mass is 9.98. The molecule has 0 unspecified atom stereocenters. The van der Waals surface area contributed by atoms with Crippen LogP contribution in [0.1, 0.15) is 61.3 Å². The van der Waals surface area contributed by atoms with Gasteiger partial charge in [0, 0.05) is 35.6 Å². The van der Waals surface area contributed by atoms with Crippen LogP contribution in [-0.4, -0.2) is 31.1 Å². The van der Waals surface area contributed by atoms with Gasteiger partial charge in [-0.3, -0.25) is 14.3 Å². The fourth-order valence-corrected chi connectivity index (χ4v) is 6.31. The van der Waals surface area contributed by atoms with E-state index in [0.717, 1.165) is 46.7 Å². The number of nitrogens with one attached hydrogen (secondary N) is 2. The fourth-order valence-electron chi connectivity index (χ4n) is 5.79. The highest BCUT2D eigenvalue weighted by Gasteiger charge is 2.22. The molecule has 1 fully saturated rings. The Hall–Kier alpha value is -3.91. The Morgan fingerprint density at radius 2 is 1.52 bits per heavy atom. The predicted molar refractivity (Wildman–Crippen MR) is 159 cm³/mol. The number of hydrogen-bond donors (Lipinski definition) is 2. The van der Waals surface area contributed by atoms with Crippen LogP contribution in [0.4, 0.5) is 5.69 Å². The van der Waals surface area contributed by atoms with Crippen LogP contribution in [0.3, 0.4) is 0 Å². The molecular weight excluding hydrogens is 522 g/mol. The van der Waals surface area contributed by atoms with Gasteiger partial charge in [-0.05, 0) is 60.1 Å². The summed E-state index contributed by atoms with van der Waals surface area (Å²) in [4.78, 5) is 25.2. The van der Waals surface area contributed by atoms with Gasteiger partial charge < -0.3 is 9.88 Å². The Labute approximate surface area is 235 Å². The number of sulfonamides is 1. The van der Waals surface area contributed by atoms with Gasteiger partial charge in [-0.2, -0.15) is 0 Å². The quantitative estimate of drug-likeness (QED) is 0.257. The van der Waals surface area contributed by atoms with E-state index in [2.05, 4.69) is 38.9 Å². The smallest absolute Gasteiger partial charge is 0.233 e. The van der Waals surface area contributed by atoms with Gasteiger partial charge in [0.05, 0.1) is 12.3 Å². The predicted octanol–water partition coefficient (Wildman–Crippen LogP) is 5.81. The summed E-state index contributed by atoms with van der Waals surface area (Å²) in [7, 11) is -3.63. The molecule has 5 rings (SSSR count). The van der Waals surface area contributed by atoms with Crippen molar-refractivity contribution in [2.75, 3.05) is 11.6 Å². The van der Waals surface area contributed by atoms with Crippen molar-refractivity contribution in [2.45, 2.75) is 51.0 Å². The Kier molecular flexibility index (Phi) is 8.35. The number of aromatic nitrogens is 1. The number of nitrogens with zero attached hydrogens (tertiary/aromatic N) is 1. The number of fused-ring (bicyclic) bond motifs is 1. The van der Waals surface area contributed by atoms with Crippen LogP contribution in [-0.2, 0) is 26.0 Å². The lowest BCUT2D eigenvalue weighted by molar-refractivity contribution is -0.119. The van der Waals surface area contributed by atoms with Crippen LogP contribution in [0.15, 0.2) is 85.1 Å². The van der Waals surface area contributed by atoms with Gasteiger partial charge >= 0.3 is 0 Å². The molecular formula is C32H35N3O4S. The number of amides is 2. The maximum absolute atomic E-state index is 12.8. The van der Waals surface area contributed by atoms with E-state index in [0.29, 0.717) is 24.4 Å². The topological polar surface area (TPSA) is 97.3 Å². The number of benzene rings is 3. The van der Waals surface area contributed by atoms with Crippen LogP contribution in [0, 0.1) is 5.92 Å². The molecule has 0 aliphatic heterocycles. The summed E-state index contributed by atoms with van der Waals surface area (Å²) >= 11 is 0. The van der Waals surface area contributed by atoms with Crippen molar-refractivity contribution < 1.29 is 18.0 Å². The number of anilines is 1. The summed E-state index contributed by atoms with van der Waals surface area (Å²) in [6.07, 6.45) is 8.52. The van der Waals surface area contributed by atoms with Gasteiger partial charge in [0.25, 0.3) is 0 Å². The maximum Gasteiger partial charge on any atom is 0.233 e. The molecule has 1 heterocycles. The molecule has 4 aromatic rings. The van der Waals surface area contributed by atoms with Crippen LogP contribution < -0.4 is 10.0 Å². The highest BCUT2D eigenvalue weighted by molar-refractivity contribution is 7.89. The fraction of sp³-hybridized carbons (Fsp3) is 0.312. The van der Waals surface area contributed by atoms with Crippen molar-refractivity contribution in [1.29, 1.82) is 0 Å². The lowest BCUT2D eigenvalue weighted by Gasteiger charge is -2.21. The molecule has 0 radical (unpaired) electrons. The summed E-state index contributed by atoms with van der Waals surface area (Å²) in [6.45, 7) is 0. The summed E-state index contributed by atoms with van der Waals surface area (Å²) < 4.78 is 27.4. The zero-order valence-electron chi connectivity index (χ0n) is 22.7. The molecule has 208 valence electrons. The second-order valence-corrected chi connectivity index (χ2v) is 12.5. The third-order valence-electron chi connectivity index (χ3n) is 7.58. The molecule has 2 amide bonds. The van der Waals surface area contributed by atoms with Crippen molar-refractivity contribution >= 4 is 38.4 Å². The largest absolute Gasteiger partial charge is 0.336 e. The van der Waals surface area contributed by atoms with E-state index in [1.54, 1.807) is 0 Å². The molecule has 1 aliphatic rings. The Morgan fingerprint density at radius 1 is 0.900 bits per heavy atom. The van der Waals surface area contributed by atoms with Crippen LogP contribution in [0.5, 0.6) is 0 Å². The van der Waals surface area contributed by atoms with Gasteiger partial charge in [0.15, 0.2) is 0 Å². The van der Waals surface area contributed by atoms with E-state index < -0.39 is 15.9 Å². The minimum absolute atomic E-state index is 0.0196. The SMILES string of the molecule is CS(=O)(=O)NC(=O)CCc1cn(C(c2ccccc2)c2ccccc2)c2ccc(NC(=O)CC3CCCC3)cc12. The Balaban J connectivity index is 1.53. The summed E-state index contributed by atoms with van der Waals surface area (Å²) in [6, 6.07) is 26.2. The first-order chi connectivity index (χ1) is 19.3. The molecule has 0 atom stereocenters. The monoisotopic (exact) mass is 557 g/mol. The van der Waals surface area contributed by atoms with Gasteiger partial charge in [-0.25, -0.2) is 8.42 Å². The van der Waals surface area contributed by atoms with Crippen molar-refractivity contribution in [3.05, 3.63) is 102 Å². The van der Waals surface area contributed by atoms with Crippen molar-refractivity contribution in [3.63, 3.8) is 0 Å². The molecule has 40 heavy (non-hydrogen) atoms. The minimum Gasteiger partial charge on any atom is -0.336 e. The molecule has 1 aliphatic carbocycles. The maximum atomic E-state index is 12.8. The van der Waals surface area contributed by atoms with Gasteiger partial charge in [-0.15, -0.1) is 0 Å². The lowest BCUT2D eigenvalue weighted by Crippen LogP contribution is -2.29. The third kappa shape index (κ3) is 6.80. The molecule has 0 saturated heterocycles. The Bertz CT molecular complexity index is 1550. The average Bonchev–Trinajstić information content (AvgIpc) is 3.56. The van der Waals surface area contributed by atoms with Crippen molar-refractivity contribution in [3.8, 4) is 0 Å².